The molecule has 6 nitrogen and oxygen atoms in total. The second-order valence-electron chi connectivity index (χ2n) is 7.52. The number of anilines is 1. The van der Waals surface area contributed by atoms with E-state index in [2.05, 4.69) is 46.3 Å². The Hall–Kier alpha value is -2.02. The summed E-state index contributed by atoms with van der Waals surface area (Å²) in [7, 11) is 0. The molecule has 0 spiro atoms. The third kappa shape index (κ3) is 4.58. The lowest BCUT2D eigenvalue weighted by molar-refractivity contribution is -0.151. The highest BCUT2D eigenvalue weighted by Crippen LogP contribution is 2.29. The molecular weight excluding hydrogens is 348 g/mol. The molecule has 0 aliphatic carbocycles. The second-order valence-corrected chi connectivity index (χ2v) is 8.47. The van der Waals surface area contributed by atoms with Crippen LogP contribution in [0, 0.1) is 6.92 Å². The van der Waals surface area contributed by atoms with Crippen LogP contribution in [0.3, 0.4) is 0 Å². The zero-order valence-electron chi connectivity index (χ0n) is 15.9. The van der Waals surface area contributed by atoms with Crippen LogP contribution in [0.5, 0.6) is 0 Å². The number of hydrogen-bond acceptors (Lipinski definition) is 6. The predicted molar refractivity (Wildman–Crippen MR) is 104 cm³/mol. The highest BCUT2D eigenvalue weighted by Gasteiger charge is 2.23. The van der Waals surface area contributed by atoms with Gasteiger partial charge in [-0.1, -0.05) is 29.5 Å². The molecule has 0 N–H and O–H groups in total. The predicted octanol–water partition coefficient (Wildman–Crippen LogP) is 3.61. The fourth-order valence-corrected chi connectivity index (χ4v) is 3.61. The van der Waals surface area contributed by atoms with E-state index in [1.54, 1.807) is 0 Å². The van der Waals surface area contributed by atoms with E-state index < -0.39 is 5.60 Å². The van der Waals surface area contributed by atoms with E-state index in [0.29, 0.717) is 5.16 Å². The molecular formula is C19H26N4O2S. The molecule has 0 saturated carbocycles. The van der Waals surface area contributed by atoms with Gasteiger partial charge in [0.05, 0.1) is 11.4 Å². The topological polar surface area (TPSA) is 60.3 Å². The van der Waals surface area contributed by atoms with Gasteiger partial charge in [-0.3, -0.25) is 9.36 Å². The summed E-state index contributed by atoms with van der Waals surface area (Å²) in [5.74, 6) is 0.808. The number of ether oxygens (including phenoxy) is 1. The third-order valence-corrected chi connectivity index (χ3v) is 4.94. The standard InChI is InChI=1S/C19H26N4O2S/c1-14-7-9-15(10-8-14)23-17(22-11-5-6-12-22)20-21-18(23)26-13-16(24)25-19(2,3)4/h7-10H,5-6,11-13H2,1-4H3. The Morgan fingerprint density at radius 1 is 1.15 bits per heavy atom. The monoisotopic (exact) mass is 374 g/mol. The molecule has 0 atom stereocenters. The Bertz CT molecular complexity index is 759. The smallest absolute Gasteiger partial charge is 0.316 e. The highest BCUT2D eigenvalue weighted by atomic mass is 32.2. The molecule has 1 saturated heterocycles. The summed E-state index contributed by atoms with van der Waals surface area (Å²) in [6.07, 6.45) is 2.34. The lowest BCUT2D eigenvalue weighted by Crippen LogP contribution is -2.25. The van der Waals surface area contributed by atoms with E-state index in [1.807, 2.05) is 25.3 Å². The van der Waals surface area contributed by atoms with Crippen LogP contribution in [0.4, 0.5) is 5.95 Å². The first-order valence-electron chi connectivity index (χ1n) is 8.95. The normalized spacial score (nSPS) is 14.7. The summed E-state index contributed by atoms with van der Waals surface area (Å²) in [5.41, 5.74) is 1.73. The first kappa shape index (κ1) is 18.8. The van der Waals surface area contributed by atoms with E-state index in [1.165, 1.54) is 30.2 Å². The maximum Gasteiger partial charge on any atom is 0.316 e. The van der Waals surface area contributed by atoms with Crippen LogP contribution in [0.2, 0.25) is 0 Å². The van der Waals surface area contributed by atoms with Gasteiger partial charge in [-0.25, -0.2) is 0 Å². The van der Waals surface area contributed by atoms with E-state index >= 15 is 0 Å². The molecule has 1 aliphatic rings. The Labute approximate surface area is 158 Å². The molecule has 0 amide bonds. The number of esters is 1. The van der Waals surface area contributed by atoms with Gasteiger partial charge in [-0.05, 0) is 52.7 Å². The molecule has 0 unspecified atom stereocenters. The van der Waals surface area contributed by atoms with Gasteiger partial charge in [-0.2, -0.15) is 0 Å². The SMILES string of the molecule is Cc1ccc(-n2c(SCC(=O)OC(C)(C)C)nnc2N2CCCC2)cc1. The van der Waals surface area contributed by atoms with Crippen LogP contribution < -0.4 is 4.90 Å². The summed E-state index contributed by atoms with van der Waals surface area (Å²) >= 11 is 1.36. The summed E-state index contributed by atoms with van der Waals surface area (Å²) in [5, 5.41) is 9.48. The number of rotatable bonds is 5. The first-order valence-corrected chi connectivity index (χ1v) is 9.94. The van der Waals surface area contributed by atoms with Crippen molar-refractivity contribution in [2.45, 2.75) is 51.3 Å². The lowest BCUT2D eigenvalue weighted by Gasteiger charge is -2.20. The zero-order chi connectivity index (χ0) is 18.7. The Kier molecular flexibility index (Phi) is 5.55. The number of nitrogens with zero attached hydrogens (tertiary/aromatic N) is 4. The van der Waals surface area contributed by atoms with E-state index in [4.69, 9.17) is 4.74 Å². The number of carbonyl (C=O) groups is 1. The number of hydrogen-bond donors (Lipinski definition) is 0. The van der Waals surface area contributed by atoms with E-state index in [9.17, 15) is 4.79 Å². The fourth-order valence-electron chi connectivity index (χ4n) is 2.89. The molecule has 1 fully saturated rings. The molecule has 0 bridgehead atoms. The quantitative estimate of drug-likeness (QED) is 0.589. The maximum atomic E-state index is 12.1. The number of thioether (sulfide) groups is 1. The van der Waals surface area contributed by atoms with Gasteiger partial charge in [0.2, 0.25) is 5.95 Å². The molecule has 1 aliphatic heterocycles. The van der Waals surface area contributed by atoms with E-state index in [0.717, 1.165) is 24.7 Å². The van der Waals surface area contributed by atoms with Crippen LogP contribution in [-0.4, -0.2) is 45.2 Å². The van der Waals surface area contributed by atoms with Gasteiger partial charge in [0.15, 0.2) is 5.16 Å². The molecule has 0 radical (unpaired) electrons. The van der Waals surface area contributed by atoms with Crippen molar-refractivity contribution in [1.29, 1.82) is 0 Å². The fraction of sp³-hybridized carbons (Fsp3) is 0.526. The van der Waals surface area contributed by atoms with Crippen LogP contribution in [0.15, 0.2) is 29.4 Å². The number of carbonyl (C=O) groups excluding carboxylic acids is 1. The zero-order valence-corrected chi connectivity index (χ0v) is 16.7. The largest absolute Gasteiger partial charge is 0.459 e. The van der Waals surface area contributed by atoms with Crippen molar-refractivity contribution in [2.75, 3.05) is 23.7 Å². The molecule has 1 aromatic heterocycles. The minimum absolute atomic E-state index is 0.210. The molecule has 2 heterocycles. The highest BCUT2D eigenvalue weighted by molar-refractivity contribution is 7.99. The Morgan fingerprint density at radius 3 is 2.42 bits per heavy atom. The van der Waals surface area contributed by atoms with Crippen molar-refractivity contribution < 1.29 is 9.53 Å². The molecule has 26 heavy (non-hydrogen) atoms. The van der Waals surface area contributed by atoms with Crippen LogP contribution in [0.25, 0.3) is 5.69 Å². The number of benzene rings is 1. The van der Waals surface area contributed by atoms with Crippen molar-refractivity contribution in [3.8, 4) is 5.69 Å². The molecule has 1 aromatic carbocycles. The van der Waals surface area contributed by atoms with Crippen molar-refractivity contribution >= 4 is 23.7 Å². The van der Waals surface area contributed by atoms with Gasteiger partial charge in [0.25, 0.3) is 0 Å². The minimum atomic E-state index is -0.483. The summed E-state index contributed by atoms with van der Waals surface area (Å²) in [4.78, 5) is 14.3. The van der Waals surface area contributed by atoms with Gasteiger partial charge < -0.3 is 9.64 Å². The first-order chi connectivity index (χ1) is 12.3. The van der Waals surface area contributed by atoms with Crippen molar-refractivity contribution in [1.82, 2.24) is 14.8 Å². The molecule has 3 rings (SSSR count). The van der Waals surface area contributed by atoms with Crippen molar-refractivity contribution in [2.24, 2.45) is 0 Å². The maximum absolute atomic E-state index is 12.1. The lowest BCUT2D eigenvalue weighted by atomic mass is 10.2. The summed E-state index contributed by atoms with van der Waals surface area (Å²) in [6.45, 7) is 9.65. The van der Waals surface area contributed by atoms with Crippen LogP contribution in [0.1, 0.15) is 39.2 Å². The van der Waals surface area contributed by atoms with Crippen LogP contribution in [-0.2, 0) is 9.53 Å². The Morgan fingerprint density at radius 2 is 1.81 bits per heavy atom. The van der Waals surface area contributed by atoms with E-state index in [-0.39, 0.29) is 11.7 Å². The summed E-state index contributed by atoms with van der Waals surface area (Å²) < 4.78 is 7.44. The van der Waals surface area contributed by atoms with Gasteiger partial charge in [0.1, 0.15) is 5.60 Å². The molecule has 7 heteroatoms. The molecule has 2 aromatic rings. The molecule has 140 valence electrons. The number of aryl methyl sites for hydroxylation is 1. The third-order valence-electron chi connectivity index (χ3n) is 4.04. The average Bonchev–Trinajstić information content (AvgIpc) is 3.21. The van der Waals surface area contributed by atoms with Crippen molar-refractivity contribution in [3.05, 3.63) is 29.8 Å². The Balaban J connectivity index is 1.85. The van der Waals surface area contributed by atoms with Crippen molar-refractivity contribution in [3.63, 3.8) is 0 Å². The van der Waals surface area contributed by atoms with Crippen LogP contribution >= 0.6 is 11.8 Å². The minimum Gasteiger partial charge on any atom is -0.459 e. The summed E-state index contributed by atoms with van der Waals surface area (Å²) in [6, 6.07) is 8.28. The van der Waals surface area contributed by atoms with Gasteiger partial charge in [0, 0.05) is 13.1 Å². The average molecular weight is 375 g/mol. The van der Waals surface area contributed by atoms with Gasteiger partial charge >= 0.3 is 5.97 Å². The van der Waals surface area contributed by atoms with Gasteiger partial charge in [-0.15, -0.1) is 10.2 Å². The second kappa shape index (κ2) is 7.70. The number of aromatic nitrogens is 3.